The Morgan fingerprint density at radius 3 is 2.00 bits per heavy atom. The van der Waals surface area contributed by atoms with E-state index in [9.17, 15) is 0 Å². The molecule has 0 bridgehead atoms. The summed E-state index contributed by atoms with van der Waals surface area (Å²) < 4.78 is 0. The highest BCUT2D eigenvalue weighted by molar-refractivity contribution is 4.89. The van der Waals surface area contributed by atoms with Gasteiger partial charge in [0.1, 0.15) is 0 Å². The minimum atomic E-state index is 0.845. The average molecular weight is 269 g/mol. The molecule has 0 aliphatic carbocycles. The van der Waals surface area contributed by atoms with Gasteiger partial charge in [-0.15, -0.1) is 0 Å². The molecule has 0 N–H and O–H groups in total. The first kappa shape index (κ1) is 16.9. The van der Waals surface area contributed by atoms with Crippen molar-refractivity contribution in [3.8, 4) is 0 Å². The molecular formula is C16H35N3. The Kier molecular flexibility index (Phi) is 7.96. The Morgan fingerprint density at radius 1 is 0.947 bits per heavy atom. The molecule has 19 heavy (non-hydrogen) atoms. The molecule has 2 heterocycles. The minimum absolute atomic E-state index is 0.845. The van der Waals surface area contributed by atoms with E-state index >= 15 is 0 Å². The Bertz CT molecular complexity index is 216. The first-order valence-corrected chi connectivity index (χ1v) is 8.37. The third-order valence-electron chi connectivity index (χ3n) is 4.33. The second kappa shape index (κ2) is 8.93. The van der Waals surface area contributed by atoms with Crippen LogP contribution >= 0.6 is 0 Å². The van der Waals surface area contributed by atoms with Crippen LogP contribution in [0.15, 0.2) is 0 Å². The van der Waals surface area contributed by atoms with E-state index in [0.717, 1.165) is 12.0 Å². The van der Waals surface area contributed by atoms with E-state index in [4.69, 9.17) is 0 Å². The maximum atomic E-state index is 2.71. The number of piperazine rings is 1. The summed E-state index contributed by atoms with van der Waals surface area (Å²) in [5.41, 5.74) is 0. The van der Waals surface area contributed by atoms with Gasteiger partial charge in [-0.1, -0.05) is 34.6 Å². The van der Waals surface area contributed by atoms with E-state index in [2.05, 4.69) is 35.5 Å². The van der Waals surface area contributed by atoms with E-state index in [1.165, 1.54) is 58.8 Å². The van der Waals surface area contributed by atoms with Crippen LogP contribution in [0.25, 0.3) is 0 Å². The van der Waals surface area contributed by atoms with Crippen LogP contribution in [0.5, 0.6) is 0 Å². The molecule has 2 aliphatic rings. The fourth-order valence-corrected chi connectivity index (χ4v) is 2.82. The molecule has 0 aromatic carbocycles. The number of likely N-dealkylation sites (tertiary alicyclic amines) is 1. The van der Waals surface area contributed by atoms with E-state index in [1.54, 1.807) is 0 Å². The van der Waals surface area contributed by atoms with Gasteiger partial charge in [0.25, 0.3) is 0 Å². The molecule has 3 nitrogen and oxygen atoms in total. The fraction of sp³-hybridized carbons (Fsp3) is 1.00. The molecule has 2 saturated heterocycles. The van der Waals surface area contributed by atoms with Crippen LogP contribution in [-0.4, -0.2) is 73.1 Å². The molecule has 2 rings (SSSR count). The Hall–Kier alpha value is -0.120. The lowest BCUT2D eigenvalue weighted by atomic mass is 10.1. The lowest BCUT2D eigenvalue weighted by Gasteiger charge is -2.48. The van der Waals surface area contributed by atoms with Crippen molar-refractivity contribution in [3.63, 3.8) is 0 Å². The standard InChI is InChI=1S/C14H29N3.C2H6/c1-4-15-11-14(12-15)17-9-7-16(8-10-17)6-5-13(2)3;1-2/h13-14H,4-12H2,1-3H3;1-2H3. The smallest absolute Gasteiger partial charge is 0.0351 e. The molecule has 0 amide bonds. The van der Waals surface area contributed by atoms with E-state index in [-0.39, 0.29) is 0 Å². The molecular weight excluding hydrogens is 234 g/mol. The van der Waals surface area contributed by atoms with Crippen LogP contribution in [0, 0.1) is 5.92 Å². The summed E-state index contributed by atoms with van der Waals surface area (Å²) in [6.45, 7) is 21.2. The molecule has 0 saturated carbocycles. The van der Waals surface area contributed by atoms with Crippen LogP contribution < -0.4 is 0 Å². The molecule has 114 valence electrons. The van der Waals surface area contributed by atoms with E-state index < -0.39 is 0 Å². The van der Waals surface area contributed by atoms with Gasteiger partial charge in [-0.05, 0) is 25.4 Å². The molecule has 0 unspecified atom stereocenters. The molecule has 3 heteroatoms. The molecule has 0 aromatic heterocycles. The van der Waals surface area contributed by atoms with Crippen molar-refractivity contribution in [2.24, 2.45) is 5.92 Å². The van der Waals surface area contributed by atoms with Crippen molar-refractivity contribution >= 4 is 0 Å². The fourth-order valence-electron chi connectivity index (χ4n) is 2.82. The van der Waals surface area contributed by atoms with Gasteiger partial charge >= 0.3 is 0 Å². The molecule has 0 spiro atoms. The summed E-state index contributed by atoms with van der Waals surface area (Å²) >= 11 is 0. The largest absolute Gasteiger partial charge is 0.301 e. The van der Waals surface area contributed by atoms with E-state index in [0.29, 0.717) is 0 Å². The summed E-state index contributed by atoms with van der Waals surface area (Å²) in [4.78, 5) is 7.89. The van der Waals surface area contributed by atoms with Gasteiger partial charge in [0.15, 0.2) is 0 Å². The summed E-state index contributed by atoms with van der Waals surface area (Å²) in [7, 11) is 0. The first-order valence-electron chi connectivity index (χ1n) is 8.37. The number of likely N-dealkylation sites (N-methyl/N-ethyl adjacent to an activating group) is 1. The maximum Gasteiger partial charge on any atom is 0.0351 e. The highest BCUT2D eigenvalue weighted by Crippen LogP contribution is 2.16. The zero-order chi connectivity index (χ0) is 14.3. The molecule has 0 aromatic rings. The Labute approximate surface area is 120 Å². The molecule has 2 aliphatic heterocycles. The van der Waals surface area contributed by atoms with Crippen LogP contribution in [0.4, 0.5) is 0 Å². The molecule has 0 atom stereocenters. The summed E-state index contributed by atoms with van der Waals surface area (Å²) in [5.74, 6) is 0.845. The zero-order valence-corrected chi connectivity index (χ0v) is 13.9. The summed E-state index contributed by atoms with van der Waals surface area (Å²) in [6, 6.07) is 0.863. The van der Waals surface area contributed by atoms with Gasteiger partial charge in [-0.2, -0.15) is 0 Å². The Morgan fingerprint density at radius 2 is 1.53 bits per heavy atom. The lowest BCUT2D eigenvalue weighted by molar-refractivity contribution is 0.00716. The van der Waals surface area contributed by atoms with Crippen LogP contribution in [0.3, 0.4) is 0 Å². The Balaban J connectivity index is 0.000000861. The van der Waals surface area contributed by atoms with Crippen LogP contribution in [0.2, 0.25) is 0 Å². The highest BCUT2D eigenvalue weighted by atomic mass is 15.3. The topological polar surface area (TPSA) is 9.72 Å². The van der Waals surface area contributed by atoms with Crippen molar-refractivity contribution in [1.82, 2.24) is 14.7 Å². The number of nitrogens with zero attached hydrogens (tertiary/aromatic N) is 3. The third-order valence-corrected chi connectivity index (χ3v) is 4.33. The number of hydrogen-bond acceptors (Lipinski definition) is 3. The van der Waals surface area contributed by atoms with Gasteiger partial charge in [-0.3, -0.25) is 4.90 Å². The third kappa shape index (κ3) is 5.41. The van der Waals surface area contributed by atoms with Crippen molar-refractivity contribution in [2.75, 3.05) is 52.4 Å². The minimum Gasteiger partial charge on any atom is -0.301 e. The van der Waals surface area contributed by atoms with Crippen LogP contribution in [-0.2, 0) is 0 Å². The predicted octanol–water partition coefficient (Wildman–Crippen LogP) is 2.38. The average Bonchev–Trinajstić information content (AvgIpc) is 2.39. The number of hydrogen-bond donors (Lipinski definition) is 0. The molecule has 0 radical (unpaired) electrons. The van der Waals surface area contributed by atoms with Crippen LogP contribution in [0.1, 0.15) is 41.0 Å². The monoisotopic (exact) mass is 269 g/mol. The van der Waals surface area contributed by atoms with Gasteiger partial charge in [0.2, 0.25) is 0 Å². The maximum absolute atomic E-state index is 2.71. The summed E-state index contributed by atoms with van der Waals surface area (Å²) in [5, 5.41) is 0. The predicted molar refractivity (Wildman–Crippen MR) is 84.7 cm³/mol. The van der Waals surface area contributed by atoms with Gasteiger partial charge < -0.3 is 9.80 Å². The molecule has 2 fully saturated rings. The second-order valence-corrected chi connectivity index (χ2v) is 6.07. The highest BCUT2D eigenvalue weighted by Gasteiger charge is 2.32. The zero-order valence-electron chi connectivity index (χ0n) is 13.9. The van der Waals surface area contributed by atoms with Crippen molar-refractivity contribution in [3.05, 3.63) is 0 Å². The normalized spacial score (nSPS) is 23.1. The van der Waals surface area contributed by atoms with E-state index in [1.807, 2.05) is 13.8 Å². The van der Waals surface area contributed by atoms with Gasteiger partial charge in [0, 0.05) is 45.3 Å². The lowest BCUT2D eigenvalue weighted by Crippen LogP contribution is -2.62. The number of rotatable bonds is 5. The van der Waals surface area contributed by atoms with Crippen molar-refractivity contribution < 1.29 is 0 Å². The summed E-state index contributed by atoms with van der Waals surface area (Å²) in [6.07, 6.45) is 1.35. The quantitative estimate of drug-likeness (QED) is 0.759. The van der Waals surface area contributed by atoms with Crippen molar-refractivity contribution in [1.29, 1.82) is 0 Å². The first-order chi connectivity index (χ1) is 9.19. The second-order valence-electron chi connectivity index (χ2n) is 6.07. The SMILES string of the molecule is CC.CCN1CC(N2CCN(CCC(C)C)CC2)C1. The van der Waals surface area contributed by atoms with Crippen molar-refractivity contribution in [2.45, 2.75) is 47.1 Å². The van der Waals surface area contributed by atoms with Gasteiger partial charge in [-0.25, -0.2) is 0 Å². The van der Waals surface area contributed by atoms with Gasteiger partial charge in [0.05, 0.1) is 0 Å².